The van der Waals surface area contributed by atoms with Gasteiger partial charge >= 0.3 is 5.97 Å². The molecule has 1 atom stereocenters. The second-order valence-corrected chi connectivity index (χ2v) is 6.35. The Kier molecular flexibility index (Phi) is 5.43. The van der Waals surface area contributed by atoms with Crippen LogP contribution < -0.4 is 10.2 Å². The topological polar surface area (TPSA) is 84.7 Å². The number of esters is 1. The number of carbonyl (C=O) groups excluding carboxylic acids is 2. The molecule has 8 heteroatoms. The number of piperidine rings is 1. The lowest BCUT2D eigenvalue weighted by Gasteiger charge is -2.30. The molecule has 1 unspecified atom stereocenters. The minimum atomic E-state index is -0.431. The Balaban J connectivity index is 1.63. The summed E-state index contributed by atoms with van der Waals surface area (Å²) in [6, 6.07) is 5.76. The van der Waals surface area contributed by atoms with Crippen molar-refractivity contribution < 1.29 is 18.7 Å². The van der Waals surface area contributed by atoms with Crippen LogP contribution in [-0.4, -0.2) is 43.1 Å². The lowest BCUT2D eigenvalue weighted by Crippen LogP contribution is -2.44. The quantitative estimate of drug-likeness (QED) is 0.819. The van der Waals surface area contributed by atoms with Gasteiger partial charge < -0.3 is 19.4 Å². The first-order chi connectivity index (χ1) is 12.1. The minimum absolute atomic E-state index is 0.107. The smallest absolute Gasteiger partial charge is 0.325 e. The van der Waals surface area contributed by atoms with Crippen molar-refractivity contribution in [3.05, 3.63) is 23.2 Å². The highest BCUT2D eigenvalue weighted by molar-refractivity contribution is 6.31. The number of nitrogens with zero attached hydrogens (tertiary/aromatic N) is 2. The fourth-order valence-corrected chi connectivity index (χ4v) is 3.07. The normalized spacial score (nSPS) is 17.5. The zero-order valence-electron chi connectivity index (χ0n) is 14.0. The van der Waals surface area contributed by atoms with Gasteiger partial charge in [0, 0.05) is 18.1 Å². The second kappa shape index (κ2) is 7.74. The number of hydrogen-bond donors (Lipinski definition) is 1. The molecule has 134 valence electrons. The Hall–Kier alpha value is -2.28. The number of hydrogen-bond acceptors (Lipinski definition) is 6. The summed E-state index contributed by atoms with van der Waals surface area (Å²) in [4.78, 5) is 30.1. The molecular formula is C17H20ClN3O4. The number of ether oxygens (including phenoxy) is 1. The van der Waals surface area contributed by atoms with E-state index in [1.807, 2.05) is 4.90 Å². The highest BCUT2D eigenvalue weighted by Crippen LogP contribution is 2.27. The Morgan fingerprint density at radius 2 is 2.32 bits per heavy atom. The monoisotopic (exact) mass is 365 g/mol. The summed E-state index contributed by atoms with van der Waals surface area (Å²) < 4.78 is 10.6. The summed E-state index contributed by atoms with van der Waals surface area (Å²) in [5, 5.41) is 3.23. The van der Waals surface area contributed by atoms with E-state index in [0.29, 0.717) is 35.3 Å². The molecule has 0 bridgehead atoms. The average molecular weight is 366 g/mol. The summed E-state index contributed by atoms with van der Waals surface area (Å²) in [5.74, 6) is -0.807. The Morgan fingerprint density at radius 3 is 3.12 bits per heavy atom. The van der Waals surface area contributed by atoms with Crippen LogP contribution >= 0.6 is 11.6 Å². The number of carbonyl (C=O) groups is 2. The zero-order chi connectivity index (χ0) is 17.8. The molecule has 25 heavy (non-hydrogen) atoms. The molecule has 1 aliphatic rings. The molecule has 0 aliphatic carbocycles. The van der Waals surface area contributed by atoms with Crippen molar-refractivity contribution in [1.82, 2.24) is 10.3 Å². The number of halogens is 1. The molecular weight excluding hydrogens is 346 g/mol. The zero-order valence-corrected chi connectivity index (χ0v) is 14.7. The molecule has 0 radical (unpaired) electrons. The van der Waals surface area contributed by atoms with Crippen LogP contribution in [0.15, 0.2) is 22.6 Å². The van der Waals surface area contributed by atoms with Gasteiger partial charge in [-0.2, -0.15) is 4.98 Å². The third kappa shape index (κ3) is 4.22. The van der Waals surface area contributed by atoms with Gasteiger partial charge in [0.25, 0.3) is 6.01 Å². The van der Waals surface area contributed by atoms with E-state index in [4.69, 9.17) is 20.8 Å². The average Bonchev–Trinajstić information content (AvgIpc) is 3.03. The van der Waals surface area contributed by atoms with E-state index in [2.05, 4.69) is 10.3 Å². The molecule has 1 aromatic carbocycles. The molecule has 2 heterocycles. The Morgan fingerprint density at radius 1 is 1.48 bits per heavy atom. The first kappa shape index (κ1) is 17.5. The second-order valence-electron chi connectivity index (χ2n) is 5.92. The number of anilines is 1. The number of rotatable bonds is 5. The van der Waals surface area contributed by atoms with Crippen molar-refractivity contribution in [3.8, 4) is 0 Å². The third-order valence-electron chi connectivity index (χ3n) is 4.11. The van der Waals surface area contributed by atoms with Crippen LogP contribution in [0.1, 0.15) is 19.8 Å². The maximum Gasteiger partial charge on any atom is 0.325 e. The summed E-state index contributed by atoms with van der Waals surface area (Å²) in [5.41, 5.74) is 1.35. The van der Waals surface area contributed by atoms with E-state index >= 15 is 0 Å². The van der Waals surface area contributed by atoms with Crippen LogP contribution in [0.2, 0.25) is 5.02 Å². The van der Waals surface area contributed by atoms with Crippen molar-refractivity contribution in [2.75, 3.05) is 31.1 Å². The standard InChI is InChI=1S/C17H20ClN3O4/c1-2-24-15(22)9-19-16(23)11-4-3-7-21(10-11)17-20-13-8-12(18)5-6-14(13)25-17/h5-6,8,11H,2-4,7,9-10H2,1H3,(H,19,23). The molecule has 1 aromatic heterocycles. The van der Waals surface area contributed by atoms with E-state index < -0.39 is 5.97 Å². The highest BCUT2D eigenvalue weighted by Gasteiger charge is 2.28. The first-order valence-electron chi connectivity index (χ1n) is 8.31. The van der Waals surface area contributed by atoms with Crippen molar-refractivity contribution in [3.63, 3.8) is 0 Å². The molecule has 0 spiro atoms. The van der Waals surface area contributed by atoms with Gasteiger partial charge in [-0.25, -0.2) is 0 Å². The van der Waals surface area contributed by atoms with Gasteiger partial charge in [-0.15, -0.1) is 0 Å². The van der Waals surface area contributed by atoms with E-state index in [0.717, 1.165) is 19.4 Å². The van der Waals surface area contributed by atoms with Crippen molar-refractivity contribution in [2.24, 2.45) is 5.92 Å². The lowest BCUT2D eigenvalue weighted by atomic mass is 9.97. The van der Waals surface area contributed by atoms with Crippen LogP contribution in [0, 0.1) is 5.92 Å². The van der Waals surface area contributed by atoms with Gasteiger partial charge in [0.2, 0.25) is 5.91 Å². The molecule has 1 N–H and O–H groups in total. The summed E-state index contributed by atoms with van der Waals surface area (Å²) in [6.07, 6.45) is 1.61. The largest absolute Gasteiger partial charge is 0.465 e. The van der Waals surface area contributed by atoms with Gasteiger partial charge in [-0.3, -0.25) is 9.59 Å². The molecule has 0 saturated carbocycles. The van der Waals surface area contributed by atoms with E-state index in [1.165, 1.54) is 0 Å². The number of aromatic nitrogens is 1. The molecule has 1 amide bonds. The van der Waals surface area contributed by atoms with Crippen molar-refractivity contribution in [1.29, 1.82) is 0 Å². The number of amides is 1. The Labute approximate surface area is 150 Å². The number of fused-ring (bicyclic) bond motifs is 1. The molecule has 2 aromatic rings. The fraction of sp³-hybridized carbons (Fsp3) is 0.471. The predicted molar refractivity (Wildman–Crippen MR) is 93.6 cm³/mol. The van der Waals surface area contributed by atoms with Gasteiger partial charge in [0.05, 0.1) is 12.5 Å². The van der Waals surface area contributed by atoms with Crippen molar-refractivity contribution >= 4 is 40.6 Å². The summed E-state index contributed by atoms with van der Waals surface area (Å²) >= 11 is 5.98. The number of oxazole rings is 1. The number of nitrogens with one attached hydrogen (secondary N) is 1. The van der Waals surface area contributed by atoms with Gasteiger partial charge in [0.15, 0.2) is 5.58 Å². The first-order valence-corrected chi connectivity index (χ1v) is 8.69. The van der Waals surface area contributed by atoms with Gasteiger partial charge in [-0.05, 0) is 38.0 Å². The number of benzene rings is 1. The maximum absolute atomic E-state index is 12.3. The lowest BCUT2D eigenvalue weighted by molar-refractivity contribution is -0.143. The molecule has 1 saturated heterocycles. The summed E-state index contributed by atoms with van der Waals surface area (Å²) in [6.45, 7) is 3.18. The highest BCUT2D eigenvalue weighted by atomic mass is 35.5. The van der Waals surface area contributed by atoms with Crippen molar-refractivity contribution in [2.45, 2.75) is 19.8 Å². The minimum Gasteiger partial charge on any atom is -0.465 e. The van der Waals surface area contributed by atoms with E-state index in [9.17, 15) is 9.59 Å². The molecule has 3 rings (SSSR count). The molecule has 7 nitrogen and oxygen atoms in total. The Bertz CT molecular complexity index is 776. The van der Waals surface area contributed by atoms with Gasteiger partial charge in [-0.1, -0.05) is 11.6 Å². The molecule has 1 fully saturated rings. The maximum atomic E-state index is 12.3. The van der Waals surface area contributed by atoms with Crippen LogP contribution in [0.3, 0.4) is 0 Å². The predicted octanol–water partition coefficient (Wildman–Crippen LogP) is 2.38. The van der Waals surface area contributed by atoms with Crippen LogP contribution in [0.4, 0.5) is 6.01 Å². The fourth-order valence-electron chi connectivity index (χ4n) is 2.90. The SMILES string of the molecule is CCOC(=O)CNC(=O)C1CCCN(c2nc3cc(Cl)ccc3o2)C1. The van der Waals surface area contributed by atoms with Crippen LogP contribution in [-0.2, 0) is 14.3 Å². The van der Waals surface area contributed by atoms with E-state index in [1.54, 1.807) is 25.1 Å². The van der Waals surface area contributed by atoms with Crippen LogP contribution in [0.25, 0.3) is 11.1 Å². The van der Waals surface area contributed by atoms with E-state index in [-0.39, 0.29) is 18.4 Å². The van der Waals surface area contributed by atoms with Gasteiger partial charge in [0.1, 0.15) is 12.1 Å². The molecule has 1 aliphatic heterocycles. The summed E-state index contributed by atoms with van der Waals surface area (Å²) in [7, 11) is 0. The van der Waals surface area contributed by atoms with Crippen LogP contribution in [0.5, 0.6) is 0 Å². The third-order valence-corrected chi connectivity index (χ3v) is 4.35.